The Bertz CT molecular complexity index is 887. The van der Waals surface area contributed by atoms with E-state index >= 15 is 0 Å². The molecule has 21 heavy (non-hydrogen) atoms. The molecule has 0 radical (unpaired) electrons. The second-order valence-electron chi connectivity index (χ2n) is 4.30. The van der Waals surface area contributed by atoms with Gasteiger partial charge in [0.2, 0.25) is 5.88 Å². The van der Waals surface area contributed by atoms with Gasteiger partial charge in [-0.3, -0.25) is 0 Å². The van der Waals surface area contributed by atoms with Crippen molar-refractivity contribution in [3.8, 4) is 0 Å². The molecular weight excluding hydrogens is 323 g/mol. The third kappa shape index (κ3) is 3.39. The van der Waals surface area contributed by atoms with E-state index in [4.69, 9.17) is 0 Å². The maximum Gasteiger partial charge on any atom is 0.267 e. The molecule has 2 aromatic rings. The van der Waals surface area contributed by atoms with Gasteiger partial charge in [0.1, 0.15) is 10.7 Å². The lowest BCUT2D eigenvalue weighted by Gasteiger charge is -2.07. The van der Waals surface area contributed by atoms with Gasteiger partial charge in [-0.05, 0) is 25.1 Å². The minimum atomic E-state index is -4.34. The van der Waals surface area contributed by atoms with E-state index in [-0.39, 0.29) is 10.8 Å². The summed E-state index contributed by atoms with van der Waals surface area (Å²) in [5, 5.41) is 3.48. The van der Waals surface area contributed by atoms with Crippen molar-refractivity contribution in [2.75, 3.05) is 11.0 Å². The molecule has 0 saturated heterocycles. The average molecular weight is 334 g/mol. The summed E-state index contributed by atoms with van der Waals surface area (Å²) in [7, 11) is -8.00. The summed E-state index contributed by atoms with van der Waals surface area (Å²) >= 11 is 0. The number of benzene rings is 1. The fourth-order valence-electron chi connectivity index (χ4n) is 1.52. The Labute approximate surface area is 120 Å². The molecule has 10 heteroatoms. The Morgan fingerprint density at radius 1 is 1.19 bits per heavy atom. The lowest BCUT2D eigenvalue weighted by molar-refractivity contribution is 0.430. The maximum atomic E-state index is 13.7. The SMILES string of the molecule is Cc1cc(NS(=O)(=O)c2cc(S(C)(=O)=O)ccc2F)on1. The highest BCUT2D eigenvalue weighted by molar-refractivity contribution is 7.93. The summed E-state index contributed by atoms with van der Waals surface area (Å²) in [6, 6.07) is 3.81. The van der Waals surface area contributed by atoms with E-state index in [1.807, 2.05) is 4.72 Å². The highest BCUT2D eigenvalue weighted by Crippen LogP contribution is 2.22. The molecule has 0 atom stereocenters. The van der Waals surface area contributed by atoms with Crippen LogP contribution in [0.4, 0.5) is 10.3 Å². The number of hydrogen-bond acceptors (Lipinski definition) is 6. The van der Waals surface area contributed by atoms with Crippen molar-refractivity contribution in [1.82, 2.24) is 5.16 Å². The second kappa shape index (κ2) is 5.11. The number of halogens is 1. The molecule has 1 aromatic carbocycles. The Kier molecular flexibility index (Phi) is 3.76. The summed E-state index contributed by atoms with van der Waals surface area (Å²) in [5.41, 5.74) is 0.429. The standard InChI is InChI=1S/C11H11FN2O5S2/c1-7-5-11(19-13-7)14-21(17,18)10-6-8(20(2,15)16)3-4-9(10)12/h3-6,14H,1-2H3. The zero-order valence-electron chi connectivity index (χ0n) is 11.0. The number of aromatic nitrogens is 1. The predicted molar refractivity (Wildman–Crippen MR) is 71.6 cm³/mol. The zero-order chi connectivity index (χ0) is 15.8. The van der Waals surface area contributed by atoms with Gasteiger partial charge in [-0.25, -0.2) is 25.9 Å². The van der Waals surface area contributed by atoms with Gasteiger partial charge in [0.05, 0.1) is 10.6 Å². The molecule has 1 N–H and O–H groups in total. The van der Waals surface area contributed by atoms with E-state index in [9.17, 15) is 21.2 Å². The van der Waals surface area contributed by atoms with Crippen LogP contribution in [0.5, 0.6) is 0 Å². The molecule has 0 aliphatic heterocycles. The van der Waals surface area contributed by atoms with Crippen molar-refractivity contribution < 1.29 is 25.7 Å². The molecule has 2 rings (SSSR count). The molecule has 0 spiro atoms. The van der Waals surface area contributed by atoms with E-state index < -0.39 is 30.6 Å². The first-order chi connectivity index (χ1) is 9.59. The van der Waals surface area contributed by atoms with Crippen LogP contribution in [0.15, 0.2) is 38.6 Å². The molecule has 0 saturated carbocycles. The summed E-state index contributed by atoms with van der Waals surface area (Å²) in [6.45, 7) is 1.58. The van der Waals surface area contributed by atoms with Gasteiger partial charge in [0.15, 0.2) is 9.84 Å². The number of rotatable bonds is 4. The minimum Gasteiger partial charge on any atom is -0.338 e. The van der Waals surface area contributed by atoms with Gasteiger partial charge in [0, 0.05) is 12.3 Å². The number of nitrogens with one attached hydrogen (secondary N) is 1. The van der Waals surface area contributed by atoms with Crippen LogP contribution in [0.3, 0.4) is 0 Å². The summed E-state index contributed by atoms with van der Waals surface area (Å²) in [4.78, 5) is -1.10. The average Bonchev–Trinajstić information content (AvgIpc) is 2.72. The third-order valence-corrected chi connectivity index (χ3v) is 4.96. The summed E-state index contributed by atoms with van der Waals surface area (Å²) in [5.74, 6) is -1.28. The van der Waals surface area contributed by atoms with E-state index in [1.54, 1.807) is 6.92 Å². The number of anilines is 1. The lowest BCUT2D eigenvalue weighted by Crippen LogP contribution is -2.15. The van der Waals surface area contributed by atoms with Crippen molar-refractivity contribution in [3.05, 3.63) is 35.8 Å². The predicted octanol–water partition coefficient (Wildman–Crippen LogP) is 1.33. The molecule has 114 valence electrons. The molecule has 0 amide bonds. The van der Waals surface area contributed by atoms with Gasteiger partial charge in [-0.2, -0.15) is 0 Å². The summed E-state index contributed by atoms with van der Waals surface area (Å²) < 4.78 is 67.4. The largest absolute Gasteiger partial charge is 0.338 e. The minimum absolute atomic E-state index is 0.198. The first-order valence-corrected chi connectivity index (χ1v) is 8.93. The van der Waals surface area contributed by atoms with Crippen LogP contribution >= 0.6 is 0 Å². The van der Waals surface area contributed by atoms with Crippen LogP contribution in [0.2, 0.25) is 0 Å². The molecule has 0 bridgehead atoms. The number of sulfone groups is 1. The van der Waals surface area contributed by atoms with Crippen LogP contribution in [-0.4, -0.2) is 28.2 Å². The van der Waals surface area contributed by atoms with E-state index in [2.05, 4.69) is 9.68 Å². The van der Waals surface area contributed by atoms with E-state index in [1.165, 1.54) is 6.07 Å². The third-order valence-electron chi connectivity index (χ3n) is 2.48. The van der Waals surface area contributed by atoms with Crippen molar-refractivity contribution in [1.29, 1.82) is 0 Å². The molecule has 0 fully saturated rings. The quantitative estimate of drug-likeness (QED) is 0.845. The lowest BCUT2D eigenvalue weighted by atomic mass is 10.3. The van der Waals surface area contributed by atoms with Crippen LogP contribution in [0, 0.1) is 12.7 Å². The fourth-order valence-corrected chi connectivity index (χ4v) is 3.32. The van der Waals surface area contributed by atoms with Crippen LogP contribution in [-0.2, 0) is 19.9 Å². The molecule has 7 nitrogen and oxygen atoms in total. The molecule has 1 heterocycles. The number of aryl methyl sites for hydroxylation is 1. The van der Waals surface area contributed by atoms with E-state index in [0.29, 0.717) is 5.69 Å². The number of sulfonamides is 1. The Balaban J connectivity index is 2.49. The van der Waals surface area contributed by atoms with Crippen LogP contribution in [0.25, 0.3) is 0 Å². The topological polar surface area (TPSA) is 106 Å². The van der Waals surface area contributed by atoms with Gasteiger partial charge < -0.3 is 4.52 Å². The van der Waals surface area contributed by atoms with Gasteiger partial charge >= 0.3 is 0 Å². The van der Waals surface area contributed by atoms with Crippen molar-refractivity contribution in [2.45, 2.75) is 16.7 Å². The number of nitrogens with zero attached hydrogens (tertiary/aromatic N) is 1. The second-order valence-corrected chi connectivity index (χ2v) is 7.97. The van der Waals surface area contributed by atoms with Crippen molar-refractivity contribution in [2.24, 2.45) is 0 Å². The summed E-state index contributed by atoms with van der Waals surface area (Å²) in [6.07, 6.45) is 0.893. The Morgan fingerprint density at radius 2 is 1.86 bits per heavy atom. The number of hydrogen-bond donors (Lipinski definition) is 1. The van der Waals surface area contributed by atoms with Gasteiger partial charge in [-0.1, -0.05) is 5.16 Å². The highest BCUT2D eigenvalue weighted by Gasteiger charge is 2.23. The maximum absolute atomic E-state index is 13.7. The molecule has 1 aromatic heterocycles. The Hall–Kier alpha value is -1.94. The van der Waals surface area contributed by atoms with Gasteiger partial charge in [-0.15, -0.1) is 0 Å². The molecule has 0 unspecified atom stereocenters. The molecular formula is C11H11FN2O5S2. The highest BCUT2D eigenvalue weighted by atomic mass is 32.2. The Morgan fingerprint density at radius 3 is 2.38 bits per heavy atom. The smallest absolute Gasteiger partial charge is 0.267 e. The zero-order valence-corrected chi connectivity index (χ0v) is 12.6. The monoisotopic (exact) mass is 334 g/mol. The van der Waals surface area contributed by atoms with Crippen molar-refractivity contribution in [3.63, 3.8) is 0 Å². The van der Waals surface area contributed by atoms with E-state index in [0.717, 1.165) is 24.5 Å². The first-order valence-electron chi connectivity index (χ1n) is 5.55. The van der Waals surface area contributed by atoms with Crippen LogP contribution < -0.4 is 4.72 Å². The first kappa shape index (κ1) is 15.4. The van der Waals surface area contributed by atoms with Crippen LogP contribution in [0.1, 0.15) is 5.69 Å². The molecule has 0 aliphatic rings. The van der Waals surface area contributed by atoms with Crippen molar-refractivity contribution >= 4 is 25.7 Å². The fraction of sp³-hybridized carbons (Fsp3) is 0.182. The molecule has 0 aliphatic carbocycles. The normalized spacial score (nSPS) is 12.3. The van der Waals surface area contributed by atoms with Gasteiger partial charge in [0.25, 0.3) is 10.0 Å².